The molecule has 0 fully saturated rings. The average Bonchev–Trinajstić information content (AvgIpc) is 2.79. The van der Waals surface area contributed by atoms with Crippen molar-refractivity contribution in [2.45, 2.75) is 50.4 Å². The number of amides is 3. The number of nitrogens with one attached hydrogen (secondary N) is 3. The van der Waals surface area contributed by atoms with Crippen LogP contribution in [0, 0.1) is 0 Å². The summed E-state index contributed by atoms with van der Waals surface area (Å²) in [6, 6.07) is 1.10. The predicted octanol–water partition coefficient (Wildman–Crippen LogP) is -3.13. The number of nitrogens with two attached hydrogens (primary N) is 3. The summed E-state index contributed by atoms with van der Waals surface area (Å²) in [6.07, 6.45) is 0.294. The van der Waals surface area contributed by atoms with Crippen molar-refractivity contribution in [2.75, 3.05) is 13.2 Å². The van der Waals surface area contributed by atoms with Gasteiger partial charge in [-0.1, -0.05) is 12.1 Å². The molecule has 0 spiro atoms. The molecule has 0 heterocycles. The topological polar surface area (TPSA) is 255 Å². The van der Waals surface area contributed by atoms with Gasteiger partial charge in [0.05, 0.1) is 12.6 Å². The first kappa shape index (κ1) is 29.1. The Labute approximate surface area is 201 Å². The fraction of sp³-hybridized carbons (Fsp3) is 0.476. The van der Waals surface area contributed by atoms with Crippen molar-refractivity contribution in [2.24, 2.45) is 22.2 Å². The van der Waals surface area contributed by atoms with Crippen LogP contribution in [-0.4, -0.2) is 82.3 Å². The number of carbonyl (C=O) groups is 4. The van der Waals surface area contributed by atoms with Crippen LogP contribution >= 0.6 is 0 Å². The van der Waals surface area contributed by atoms with Crippen LogP contribution in [0.4, 0.5) is 0 Å². The molecule has 0 aliphatic carbocycles. The van der Waals surface area contributed by atoms with E-state index in [1.165, 1.54) is 19.1 Å². The standard InChI is InChI=1S/C21H33N7O7/c1-11(22)17(31)27-15(9-12-4-6-13(30)7-5-12)19(33)26-14(3-2-8-25-21(23)24)18(32)28-16(10-29)20(34)35/h4-7,11,14-16,29-30H,2-3,8-10,22H2,1H3,(H,26,33)(H,27,31)(H,28,32)(H,34,35)(H4,23,24,25). The number of benzene rings is 1. The molecule has 194 valence electrons. The second kappa shape index (κ2) is 14.4. The van der Waals surface area contributed by atoms with Crippen LogP contribution < -0.4 is 33.2 Å². The van der Waals surface area contributed by atoms with E-state index in [9.17, 15) is 29.4 Å². The number of hydrogen-bond acceptors (Lipinski definition) is 8. The molecule has 0 saturated carbocycles. The number of aliphatic hydroxyl groups excluding tert-OH is 1. The maximum atomic E-state index is 13.1. The third kappa shape index (κ3) is 10.7. The maximum absolute atomic E-state index is 13.1. The molecule has 1 aromatic rings. The molecule has 4 atom stereocenters. The third-order valence-corrected chi connectivity index (χ3v) is 4.80. The largest absolute Gasteiger partial charge is 0.508 e. The van der Waals surface area contributed by atoms with Gasteiger partial charge >= 0.3 is 5.97 Å². The fourth-order valence-electron chi connectivity index (χ4n) is 2.88. The zero-order valence-corrected chi connectivity index (χ0v) is 19.3. The van der Waals surface area contributed by atoms with Crippen molar-refractivity contribution < 1.29 is 34.5 Å². The molecule has 14 nitrogen and oxygen atoms in total. The molecule has 1 rings (SSSR count). The number of carboxylic acid groups (broad SMARTS) is 1. The molecule has 0 radical (unpaired) electrons. The van der Waals surface area contributed by atoms with Crippen molar-refractivity contribution in [3.05, 3.63) is 29.8 Å². The van der Waals surface area contributed by atoms with Gasteiger partial charge in [0.1, 0.15) is 23.9 Å². The summed E-state index contributed by atoms with van der Waals surface area (Å²) in [5.74, 6) is -3.79. The molecule has 0 bridgehead atoms. The SMILES string of the molecule is CC(N)C(=O)NC(Cc1ccc(O)cc1)C(=O)NC(CCCN=C(N)N)C(=O)NC(CO)C(=O)O. The number of aliphatic hydroxyl groups is 1. The molecule has 0 aromatic heterocycles. The van der Waals surface area contributed by atoms with E-state index in [0.717, 1.165) is 0 Å². The quantitative estimate of drug-likeness (QED) is 0.0712. The summed E-state index contributed by atoms with van der Waals surface area (Å²) in [7, 11) is 0. The van der Waals surface area contributed by atoms with E-state index in [-0.39, 0.29) is 37.5 Å². The van der Waals surface area contributed by atoms with Gasteiger partial charge in [-0.05, 0) is 37.5 Å². The molecule has 0 saturated heterocycles. The highest BCUT2D eigenvalue weighted by molar-refractivity contribution is 5.94. The molecule has 35 heavy (non-hydrogen) atoms. The smallest absolute Gasteiger partial charge is 0.328 e. The van der Waals surface area contributed by atoms with Gasteiger partial charge < -0.3 is 48.5 Å². The zero-order valence-electron chi connectivity index (χ0n) is 19.3. The van der Waals surface area contributed by atoms with E-state index in [1.54, 1.807) is 12.1 Å². The van der Waals surface area contributed by atoms with E-state index >= 15 is 0 Å². The summed E-state index contributed by atoms with van der Waals surface area (Å²) in [5.41, 5.74) is 16.8. The molecule has 4 unspecified atom stereocenters. The molecular formula is C21H33N7O7. The number of carboxylic acids is 1. The van der Waals surface area contributed by atoms with E-state index in [2.05, 4.69) is 20.9 Å². The lowest BCUT2D eigenvalue weighted by atomic mass is 10.0. The minimum absolute atomic E-state index is 0.0152. The summed E-state index contributed by atoms with van der Waals surface area (Å²) in [5, 5.41) is 34.9. The average molecular weight is 496 g/mol. The second-order valence-electron chi connectivity index (χ2n) is 7.81. The molecule has 12 N–H and O–H groups in total. The number of nitrogens with zero attached hydrogens (tertiary/aromatic N) is 1. The number of phenolic OH excluding ortho intramolecular Hbond substituents is 1. The molecule has 14 heteroatoms. The lowest BCUT2D eigenvalue weighted by Crippen LogP contribution is -2.57. The summed E-state index contributed by atoms with van der Waals surface area (Å²) in [6.45, 7) is 0.720. The van der Waals surface area contributed by atoms with Crippen molar-refractivity contribution in [3.63, 3.8) is 0 Å². The van der Waals surface area contributed by atoms with Crippen LogP contribution in [0.3, 0.4) is 0 Å². The fourth-order valence-corrected chi connectivity index (χ4v) is 2.88. The number of hydrogen-bond donors (Lipinski definition) is 9. The maximum Gasteiger partial charge on any atom is 0.328 e. The van der Waals surface area contributed by atoms with Crippen molar-refractivity contribution in [1.29, 1.82) is 0 Å². The van der Waals surface area contributed by atoms with Crippen LogP contribution in [0.2, 0.25) is 0 Å². The summed E-state index contributed by atoms with van der Waals surface area (Å²) in [4.78, 5) is 53.0. The van der Waals surface area contributed by atoms with Crippen LogP contribution in [0.15, 0.2) is 29.3 Å². The van der Waals surface area contributed by atoms with E-state index in [0.29, 0.717) is 5.56 Å². The molecule has 0 aliphatic rings. The Balaban J connectivity index is 3.08. The number of phenols is 1. The van der Waals surface area contributed by atoms with Crippen LogP contribution in [0.25, 0.3) is 0 Å². The lowest BCUT2D eigenvalue weighted by molar-refractivity contribution is -0.143. The molecular weight excluding hydrogens is 462 g/mol. The Morgan fingerprint density at radius 1 is 0.943 bits per heavy atom. The number of carbonyl (C=O) groups excluding carboxylic acids is 3. The van der Waals surface area contributed by atoms with Crippen LogP contribution in [-0.2, 0) is 25.6 Å². The second-order valence-corrected chi connectivity index (χ2v) is 7.81. The van der Waals surface area contributed by atoms with Gasteiger partial charge in [0.25, 0.3) is 0 Å². The van der Waals surface area contributed by atoms with Crippen LogP contribution in [0.1, 0.15) is 25.3 Å². The minimum atomic E-state index is -1.58. The number of aliphatic carboxylic acids is 1. The third-order valence-electron chi connectivity index (χ3n) is 4.80. The highest BCUT2D eigenvalue weighted by Gasteiger charge is 2.29. The number of guanidine groups is 1. The van der Waals surface area contributed by atoms with E-state index < -0.39 is 54.5 Å². The van der Waals surface area contributed by atoms with Crippen molar-refractivity contribution in [3.8, 4) is 5.75 Å². The van der Waals surface area contributed by atoms with Gasteiger partial charge in [-0.3, -0.25) is 19.4 Å². The zero-order chi connectivity index (χ0) is 26.5. The Kier molecular flexibility index (Phi) is 12.0. The van der Waals surface area contributed by atoms with Crippen molar-refractivity contribution in [1.82, 2.24) is 16.0 Å². The first-order valence-corrected chi connectivity index (χ1v) is 10.8. The first-order chi connectivity index (χ1) is 16.4. The first-order valence-electron chi connectivity index (χ1n) is 10.8. The Morgan fingerprint density at radius 3 is 2.00 bits per heavy atom. The molecule has 3 amide bonds. The van der Waals surface area contributed by atoms with Gasteiger partial charge in [-0.2, -0.15) is 0 Å². The lowest BCUT2D eigenvalue weighted by Gasteiger charge is -2.24. The van der Waals surface area contributed by atoms with E-state index in [1.807, 2.05) is 0 Å². The highest BCUT2D eigenvalue weighted by atomic mass is 16.4. The van der Waals surface area contributed by atoms with Gasteiger partial charge in [0, 0.05) is 13.0 Å². The Bertz CT molecular complexity index is 902. The number of aliphatic imine (C=N–C) groups is 1. The monoisotopic (exact) mass is 495 g/mol. The highest BCUT2D eigenvalue weighted by Crippen LogP contribution is 2.12. The van der Waals surface area contributed by atoms with Gasteiger partial charge in [-0.25, -0.2) is 4.79 Å². The summed E-state index contributed by atoms with van der Waals surface area (Å²) < 4.78 is 0. The number of aromatic hydroxyl groups is 1. The van der Waals surface area contributed by atoms with Crippen molar-refractivity contribution >= 4 is 29.7 Å². The Hall–Kier alpha value is -3.91. The Morgan fingerprint density at radius 2 is 1.49 bits per heavy atom. The summed E-state index contributed by atoms with van der Waals surface area (Å²) >= 11 is 0. The predicted molar refractivity (Wildman–Crippen MR) is 126 cm³/mol. The molecule has 0 aliphatic heterocycles. The van der Waals surface area contributed by atoms with Gasteiger partial charge in [-0.15, -0.1) is 0 Å². The van der Waals surface area contributed by atoms with Gasteiger partial charge in [0.2, 0.25) is 17.7 Å². The van der Waals surface area contributed by atoms with Gasteiger partial charge in [0.15, 0.2) is 5.96 Å². The normalized spacial score (nSPS) is 14.0. The number of rotatable bonds is 14. The molecule has 1 aromatic carbocycles. The van der Waals surface area contributed by atoms with E-state index in [4.69, 9.17) is 22.3 Å². The minimum Gasteiger partial charge on any atom is -0.508 e. The van der Waals surface area contributed by atoms with Crippen LogP contribution in [0.5, 0.6) is 5.75 Å².